The third-order valence-corrected chi connectivity index (χ3v) is 4.97. The second-order valence-electron chi connectivity index (χ2n) is 7.27. The third kappa shape index (κ3) is 5.79. The lowest BCUT2D eigenvalue weighted by Crippen LogP contribution is -2.46. The lowest BCUT2D eigenvalue weighted by molar-refractivity contribution is -0.141. The molecule has 2 N–H and O–H groups in total. The van der Waals surface area contributed by atoms with E-state index in [2.05, 4.69) is 15.6 Å². The zero-order valence-electron chi connectivity index (χ0n) is 16.5. The second-order valence-corrected chi connectivity index (χ2v) is 7.27. The van der Waals surface area contributed by atoms with Crippen LogP contribution in [0, 0.1) is 6.92 Å². The molecule has 0 spiro atoms. The van der Waals surface area contributed by atoms with E-state index in [4.69, 9.17) is 0 Å². The average molecular weight is 420 g/mol. The van der Waals surface area contributed by atoms with Crippen molar-refractivity contribution < 1.29 is 22.8 Å². The molecule has 2 heterocycles. The molecule has 0 bridgehead atoms. The first-order valence-corrected chi connectivity index (χ1v) is 9.65. The van der Waals surface area contributed by atoms with Crippen molar-refractivity contribution in [1.82, 2.24) is 15.2 Å². The Morgan fingerprint density at radius 3 is 2.37 bits per heavy atom. The number of nitrogens with zero attached hydrogens (tertiary/aromatic N) is 2. The fourth-order valence-electron chi connectivity index (χ4n) is 3.38. The molecule has 30 heavy (non-hydrogen) atoms. The number of rotatable bonds is 5. The maximum atomic E-state index is 12.7. The quantitative estimate of drug-likeness (QED) is 0.779. The van der Waals surface area contributed by atoms with E-state index < -0.39 is 17.8 Å². The molecule has 1 aliphatic heterocycles. The van der Waals surface area contributed by atoms with Crippen LogP contribution in [0.2, 0.25) is 0 Å². The highest BCUT2D eigenvalue weighted by Crippen LogP contribution is 2.28. The van der Waals surface area contributed by atoms with Crippen LogP contribution in [0.15, 0.2) is 42.5 Å². The minimum atomic E-state index is -4.54. The van der Waals surface area contributed by atoms with Crippen molar-refractivity contribution in [2.24, 2.45) is 0 Å². The smallest absolute Gasteiger partial charge is 0.349 e. The number of piperidine rings is 1. The van der Waals surface area contributed by atoms with E-state index in [0.717, 1.165) is 17.8 Å². The first-order chi connectivity index (χ1) is 14.2. The van der Waals surface area contributed by atoms with Crippen molar-refractivity contribution in [2.45, 2.75) is 32.0 Å². The Morgan fingerprint density at radius 2 is 1.77 bits per heavy atom. The van der Waals surface area contributed by atoms with Crippen LogP contribution in [0.25, 0.3) is 0 Å². The highest BCUT2D eigenvalue weighted by molar-refractivity contribution is 5.95. The van der Waals surface area contributed by atoms with Gasteiger partial charge in [0.2, 0.25) is 5.91 Å². The Morgan fingerprint density at radius 1 is 1.10 bits per heavy atom. The molecule has 0 atom stereocenters. The molecule has 1 aromatic carbocycles. The van der Waals surface area contributed by atoms with Crippen LogP contribution < -0.4 is 10.6 Å². The minimum absolute atomic E-state index is 0.0392. The van der Waals surface area contributed by atoms with Gasteiger partial charge in [-0.1, -0.05) is 18.2 Å². The van der Waals surface area contributed by atoms with Crippen LogP contribution in [0.5, 0.6) is 0 Å². The van der Waals surface area contributed by atoms with Crippen LogP contribution in [-0.2, 0) is 11.0 Å². The Kier molecular flexibility index (Phi) is 6.71. The van der Waals surface area contributed by atoms with Gasteiger partial charge >= 0.3 is 6.18 Å². The zero-order chi connectivity index (χ0) is 21.7. The molecule has 3 rings (SSSR count). The lowest BCUT2D eigenvalue weighted by Gasteiger charge is -2.32. The number of para-hydroxylation sites is 1. The van der Waals surface area contributed by atoms with Gasteiger partial charge < -0.3 is 10.6 Å². The van der Waals surface area contributed by atoms with Crippen molar-refractivity contribution in [3.63, 3.8) is 0 Å². The number of anilines is 1. The Balaban J connectivity index is 1.47. The molecular formula is C21H23F3N4O2. The summed E-state index contributed by atoms with van der Waals surface area (Å²) in [5.74, 6) is -0.538. The normalized spacial score (nSPS) is 15.6. The van der Waals surface area contributed by atoms with E-state index in [1.165, 1.54) is 6.92 Å². The van der Waals surface area contributed by atoms with Gasteiger partial charge in [0.15, 0.2) is 0 Å². The molecule has 9 heteroatoms. The van der Waals surface area contributed by atoms with Crippen LogP contribution in [-0.4, -0.2) is 47.4 Å². The number of aromatic nitrogens is 1. The molecule has 6 nitrogen and oxygen atoms in total. The topological polar surface area (TPSA) is 74.3 Å². The van der Waals surface area contributed by atoms with Crippen molar-refractivity contribution in [3.05, 3.63) is 59.4 Å². The first-order valence-electron chi connectivity index (χ1n) is 9.65. The number of alkyl halides is 3. The molecule has 0 unspecified atom stereocenters. The maximum Gasteiger partial charge on any atom is 0.433 e. The SMILES string of the molecule is Cc1nc(C(F)(F)F)ccc1C(=O)NC1CCN(CC(=O)Nc2ccccc2)CC1. The number of hydrogen-bond acceptors (Lipinski definition) is 4. The van der Waals surface area contributed by atoms with Crippen molar-refractivity contribution in [1.29, 1.82) is 0 Å². The van der Waals surface area contributed by atoms with Gasteiger partial charge in [0.25, 0.3) is 5.91 Å². The molecule has 0 aliphatic carbocycles. The summed E-state index contributed by atoms with van der Waals surface area (Å²) in [4.78, 5) is 30.1. The molecular weight excluding hydrogens is 397 g/mol. The number of pyridine rings is 1. The highest BCUT2D eigenvalue weighted by atomic mass is 19.4. The number of likely N-dealkylation sites (tertiary alicyclic amines) is 1. The van der Waals surface area contributed by atoms with Crippen LogP contribution in [0.4, 0.5) is 18.9 Å². The standard InChI is InChI=1S/C21H23F3N4O2/c1-14-17(7-8-18(25-14)21(22,23)24)20(30)27-16-9-11-28(12-10-16)13-19(29)26-15-5-3-2-4-6-15/h2-8,16H,9-13H2,1H3,(H,26,29)(H,27,30). The summed E-state index contributed by atoms with van der Waals surface area (Å²) in [5.41, 5.74) is -0.103. The van der Waals surface area contributed by atoms with Crippen LogP contribution in [0.3, 0.4) is 0 Å². The van der Waals surface area contributed by atoms with Gasteiger partial charge in [-0.15, -0.1) is 0 Å². The van der Waals surface area contributed by atoms with Crippen molar-refractivity contribution in [3.8, 4) is 0 Å². The van der Waals surface area contributed by atoms with Gasteiger partial charge in [0.1, 0.15) is 5.69 Å². The summed E-state index contributed by atoms with van der Waals surface area (Å²) in [5, 5.41) is 5.70. The summed E-state index contributed by atoms with van der Waals surface area (Å²) >= 11 is 0. The summed E-state index contributed by atoms with van der Waals surface area (Å²) in [6.07, 6.45) is -3.24. The molecule has 2 aromatic rings. The van der Waals surface area contributed by atoms with Crippen molar-refractivity contribution in [2.75, 3.05) is 25.0 Å². The fraction of sp³-hybridized carbons (Fsp3) is 0.381. The Labute approximate surface area is 172 Å². The fourth-order valence-corrected chi connectivity index (χ4v) is 3.38. The van der Waals surface area contributed by atoms with Gasteiger partial charge in [-0.3, -0.25) is 14.5 Å². The number of hydrogen-bond donors (Lipinski definition) is 2. The average Bonchev–Trinajstić information content (AvgIpc) is 2.69. The van der Waals surface area contributed by atoms with E-state index in [0.29, 0.717) is 25.9 Å². The van der Waals surface area contributed by atoms with E-state index in [1.807, 2.05) is 35.2 Å². The number of nitrogens with one attached hydrogen (secondary N) is 2. The van der Waals surface area contributed by atoms with E-state index >= 15 is 0 Å². The third-order valence-electron chi connectivity index (χ3n) is 4.97. The van der Waals surface area contributed by atoms with E-state index in [1.54, 1.807) is 0 Å². The number of benzene rings is 1. The number of carbonyl (C=O) groups is 2. The van der Waals surface area contributed by atoms with E-state index in [-0.39, 0.29) is 29.8 Å². The molecule has 1 aromatic heterocycles. The number of aryl methyl sites for hydroxylation is 1. The van der Waals surface area contributed by atoms with Crippen molar-refractivity contribution >= 4 is 17.5 Å². The van der Waals surface area contributed by atoms with Gasteiger partial charge in [0.05, 0.1) is 17.8 Å². The van der Waals surface area contributed by atoms with Crippen LogP contribution in [0.1, 0.15) is 34.6 Å². The lowest BCUT2D eigenvalue weighted by atomic mass is 10.0. The minimum Gasteiger partial charge on any atom is -0.349 e. The van der Waals surface area contributed by atoms with E-state index in [9.17, 15) is 22.8 Å². The van der Waals surface area contributed by atoms with Gasteiger partial charge in [0, 0.05) is 24.8 Å². The summed E-state index contributed by atoms with van der Waals surface area (Å²) in [6.45, 7) is 2.92. The Bertz CT molecular complexity index is 895. The molecule has 2 amide bonds. The predicted molar refractivity (Wildman–Crippen MR) is 106 cm³/mol. The molecule has 1 fully saturated rings. The number of halogens is 3. The molecule has 1 saturated heterocycles. The Hall–Kier alpha value is -2.94. The predicted octanol–water partition coefficient (Wildman–Crippen LogP) is 3.24. The molecule has 1 aliphatic rings. The summed E-state index contributed by atoms with van der Waals surface area (Å²) < 4.78 is 38.2. The number of amides is 2. The summed E-state index contributed by atoms with van der Waals surface area (Å²) in [7, 11) is 0. The highest BCUT2D eigenvalue weighted by Gasteiger charge is 2.33. The maximum absolute atomic E-state index is 12.7. The first kappa shape index (κ1) is 21.8. The molecule has 160 valence electrons. The largest absolute Gasteiger partial charge is 0.433 e. The second kappa shape index (κ2) is 9.25. The molecule has 0 radical (unpaired) electrons. The van der Waals surface area contributed by atoms with Crippen LogP contribution >= 0.6 is 0 Å². The van der Waals surface area contributed by atoms with Gasteiger partial charge in [-0.2, -0.15) is 13.2 Å². The number of carbonyl (C=O) groups excluding carboxylic acids is 2. The molecule has 0 saturated carbocycles. The summed E-state index contributed by atoms with van der Waals surface area (Å²) in [6, 6.07) is 11.1. The van der Waals surface area contributed by atoms with Gasteiger partial charge in [-0.05, 0) is 44.0 Å². The van der Waals surface area contributed by atoms with Gasteiger partial charge in [-0.25, -0.2) is 4.98 Å². The zero-order valence-corrected chi connectivity index (χ0v) is 16.5. The monoisotopic (exact) mass is 420 g/mol.